The van der Waals surface area contributed by atoms with Crippen LogP contribution in [-0.4, -0.2) is 65.6 Å². The summed E-state index contributed by atoms with van der Waals surface area (Å²) in [5.74, 6) is 0.183. The maximum atomic E-state index is 12.7. The molecular formula is C23H29N3O2. The van der Waals surface area contributed by atoms with E-state index in [9.17, 15) is 4.79 Å². The van der Waals surface area contributed by atoms with Crippen molar-refractivity contribution in [1.29, 1.82) is 0 Å². The van der Waals surface area contributed by atoms with E-state index in [-0.39, 0.29) is 11.5 Å². The molecule has 2 aromatic rings. The van der Waals surface area contributed by atoms with Crippen molar-refractivity contribution in [2.75, 3.05) is 39.3 Å². The molecule has 0 saturated carbocycles. The normalized spacial score (nSPS) is 19.6. The molecule has 1 aromatic carbocycles. The molecule has 148 valence electrons. The van der Waals surface area contributed by atoms with E-state index in [1.807, 2.05) is 17.0 Å². The van der Waals surface area contributed by atoms with Crippen molar-refractivity contribution in [3.63, 3.8) is 0 Å². The molecule has 5 nitrogen and oxygen atoms in total. The summed E-state index contributed by atoms with van der Waals surface area (Å²) in [6.45, 7) is 5.22. The van der Waals surface area contributed by atoms with Gasteiger partial charge in [0.05, 0.1) is 18.6 Å². The highest BCUT2D eigenvalue weighted by Crippen LogP contribution is 2.30. The Balaban J connectivity index is 1.28. The highest BCUT2D eigenvalue weighted by Gasteiger charge is 2.40. The fourth-order valence-electron chi connectivity index (χ4n) is 4.27. The Bertz CT molecular complexity index is 758. The summed E-state index contributed by atoms with van der Waals surface area (Å²) >= 11 is 0. The lowest BCUT2D eigenvalue weighted by molar-refractivity contribution is -0.158. The quantitative estimate of drug-likeness (QED) is 0.801. The maximum absolute atomic E-state index is 12.7. The molecule has 0 unspecified atom stereocenters. The number of hydrogen-bond acceptors (Lipinski definition) is 4. The minimum absolute atomic E-state index is 0.161. The Morgan fingerprint density at radius 1 is 1.04 bits per heavy atom. The summed E-state index contributed by atoms with van der Waals surface area (Å²) in [5, 5.41) is 0. The van der Waals surface area contributed by atoms with E-state index in [4.69, 9.17) is 4.74 Å². The first kappa shape index (κ1) is 19.1. The van der Waals surface area contributed by atoms with Crippen molar-refractivity contribution in [2.24, 2.45) is 0 Å². The van der Waals surface area contributed by atoms with Crippen LogP contribution in [0.2, 0.25) is 0 Å². The van der Waals surface area contributed by atoms with E-state index >= 15 is 0 Å². The number of carbonyl (C=O) groups excluding carboxylic acids is 1. The smallest absolute Gasteiger partial charge is 0.227 e. The molecule has 0 N–H and O–H groups in total. The molecule has 1 spiro atoms. The fraction of sp³-hybridized carbons (Fsp3) is 0.478. The van der Waals surface area contributed by atoms with Crippen molar-refractivity contribution < 1.29 is 9.53 Å². The van der Waals surface area contributed by atoms with Gasteiger partial charge in [0.1, 0.15) is 0 Å². The second-order valence-electron chi connectivity index (χ2n) is 7.96. The number of amides is 1. The predicted octanol–water partition coefficient (Wildman–Crippen LogP) is 2.56. The molecule has 4 rings (SSSR count). The number of rotatable bonds is 5. The first-order valence-corrected chi connectivity index (χ1v) is 10.3. The molecule has 1 aromatic heterocycles. The van der Waals surface area contributed by atoms with Gasteiger partial charge < -0.3 is 14.5 Å². The molecule has 2 aliphatic rings. The lowest BCUT2D eigenvalue weighted by Gasteiger charge is -2.47. The number of hydrogen-bond donors (Lipinski definition) is 0. The molecule has 0 atom stereocenters. The van der Waals surface area contributed by atoms with Crippen LogP contribution in [0, 0.1) is 0 Å². The second kappa shape index (κ2) is 8.84. The Morgan fingerprint density at radius 2 is 1.82 bits per heavy atom. The van der Waals surface area contributed by atoms with Crippen LogP contribution in [0.4, 0.5) is 0 Å². The number of morpholine rings is 1. The van der Waals surface area contributed by atoms with Gasteiger partial charge in [-0.2, -0.15) is 0 Å². The van der Waals surface area contributed by atoms with Gasteiger partial charge in [0, 0.05) is 45.1 Å². The first-order valence-electron chi connectivity index (χ1n) is 10.3. The van der Waals surface area contributed by atoms with Gasteiger partial charge in [0.2, 0.25) is 5.91 Å². The van der Waals surface area contributed by atoms with Crippen molar-refractivity contribution in [2.45, 2.75) is 31.3 Å². The number of pyridine rings is 1. The van der Waals surface area contributed by atoms with Crippen LogP contribution >= 0.6 is 0 Å². The van der Waals surface area contributed by atoms with Gasteiger partial charge in [-0.05, 0) is 36.5 Å². The zero-order valence-electron chi connectivity index (χ0n) is 16.4. The summed E-state index contributed by atoms with van der Waals surface area (Å²) in [6.07, 6.45) is 7.02. The highest BCUT2D eigenvalue weighted by molar-refractivity contribution is 5.78. The summed E-state index contributed by atoms with van der Waals surface area (Å²) in [6, 6.07) is 14.5. The molecule has 2 saturated heterocycles. The molecule has 0 radical (unpaired) electrons. The van der Waals surface area contributed by atoms with Gasteiger partial charge in [0.15, 0.2) is 0 Å². The van der Waals surface area contributed by atoms with E-state index in [0.717, 1.165) is 51.0 Å². The van der Waals surface area contributed by atoms with Crippen LogP contribution in [-0.2, 0) is 22.4 Å². The lowest BCUT2D eigenvalue weighted by atomic mass is 9.89. The van der Waals surface area contributed by atoms with Crippen LogP contribution in [0.15, 0.2) is 54.9 Å². The predicted molar refractivity (Wildman–Crippen MR) is 109 cm³/mol. The van der Waals surface area contributed by atoms with Crippen molar-refractivity contribution in [3.8, 4) is 0 Å². The third-order valence-electron chi connectivity index (χ3n) is 6.01. The van der Waals surface area contributed by atoms with E-state index < -0.39 is 0 Å². The van der Waals surface area contributed by atoms with Crippen molar-refractivity contribution >= 4 is 5.91 Å². The van der Waals surface area contributed by atoms with Crippen LogP contribution < -0.4 is 0 Å². The summed E-state index contributed by atoms with van der Waals surface area (Å²) in [4.78, 5) is 21.4. The van der Waals surface area contributed by atoms with Crippen LogP contribution in [0.3, 0.4) is 0 Å². The molecule has 5 heteroatoms. The van der Waals surface area contributed by atoms with Gasteiger partial charge in [-0.15, -0.1) is 0 Å². The minimum Gasteiger partial charge on any atom is -0.371 e. The number of piperidine rings is 1. The summed E-state index contributed by atoms with van der Waals surface area (Å²) in [7, 11) is 0. The van der Waals surface area contributed by atoms with Gasteiger partial charge in [-0.3, -0.25) is 9.78 Å². The average Bonchev–Trinajstić information content (AvgIpc) is 2.75. The Labute approximate surface area is 167 Å². The molecule has 0 aliphatic carbocycles. The van der Waals surface area contributed by atoms with Crippen LogP contribution in [0.1, 0.15) is 24.0 Å². The first-order chi connectivity index (χ1) is 13.7. The molecule has 2 fully saturated rings. The molecule has 28 heavy (non-hydrogen) atoms. The molecular weight excluding hydrogens is 350 g/mol. The van der Waals surface area contributed by atoms with Gasteiger partial charge >= 0.3 is 0 Å². The third-order valence-corrected chi connectivity index (χ3v) is 6.01. The number of nitrogens with zero attached hydrogens (tertiary/aromatic N) is 3. The Hall–Kier alpha value is -2.24. The summed E-state index contributed by atoms with van der Waals surface area (Å²) < 4.78 is 6.22. The van der Waals surface area contributed by atoms with Crippen molar-refractivity contribution in [3.05, 3.63) is 66.0 Å². The van der Waals surface area contributed by atoms with E-state index in [1.54, 1.807) is 12.4 Å². The Kier molecular flexibility index (Phi) is 6.03. The maximum Gasteiger partial charge on any atom is 0.227 e. The topological polar surface area (TPSA) is 45.7 Å². The second-order valence-corrected chi connectivity index (χ2v) is 7.96. The number of likely N-dealkylation sites (tertiary alicyclic amines) is 1. The highest BCUT2D eigenvalue weighted by atomic mass is 16.5. The SMILES string of the molecule is O=C(Cc1cccnc1)N1CCOC2(CCN(CCc3ccccc3)CC2)C1. The van der Waals surface area contributed by atoms with Gasteiger partial charge in [0.25, 0.3) is 0 Å². The van der Waals surface area contributed by atoms with E-state index in [0.29, 0.717) is 19.6 Å². The average molecular weight is 380 g/mol. The molecule has 3 heterocycles. The number of carbonyl (C=O) groups is 1. The minimum atomic E-state index is -0.161. The van der Waals surface area contributed by atoms with Gasteiger partial charge in [-0.25, -0.2) is 0 Å². The Morgan fingerprint density at radius 3 is 2.57 bits per heavy atom. The molecule has 2 aliphatic heterocycles. The van der Waals surface area contributed by atoms with E-state index in [1.165, 1.54) is 5.56 Å². The van der Waals surface area contributed by atoms with Gasteiger partial charge in [-0.1, -0.05) is 36.4 Å². The number of ether oxygens (including phenoxy) is 1. The standard InChI is InChI=1S/C23H29N3O2/c27-22(17-21-7-4-11-24-18-21)26-15-16-28-23(19-26)9-13-25(14-10-23)12-8-20-5-2-1-3-6-20/h1-7,11,18H,8-10,12-17,19H2. The van der Waals surface area contributed by atoms with E-state index in [2.05, 4.69) is 40.2 Å². The van der Waals surface area contributed by atoms with Crippen LogP contribution in [0.25, 0.3) is 0 Å². The van der Waals surface area contributed by atoms with Crippen molar-refractivity contribution in [1.82, 2.24) is 14.8 Å². The molecule has 0 bridgehead atoms. The lowest BCUT2D eigenvalue weighted by Crippen LogP contribution is -2.58. The summed E-state index contributed by atoms with van der Waals surface area (Å²) in [5.41, 5.74) is 2.21. The number of aromatic nitrogens is 1. The third kappa shape index (κ3) is 4.78. The largest absolute Gasteiger partial charge is 0.371 e. The fourth-order valence-corrected chi connectivity index (χ4v) is 4.27. The zero-order chi connectivity index (χ0) is 19.2. The number of benzene rings is 1. The zero-order valence-corrected chi connectivity index (χ0v) is 16.4. The monoisotopic (exact) mass is 379 g/mol. The van der Waals surface area contributed by atoms with Crippen LogP contribution in [0.5, 0.6) is 0 Å². The molecule has 1 amide bonds.